The minimum Gasteiger partial charge on any atom is -0.496 e. The number of benzene rings is 2. The zero-order chi connectivity index (χ0) is 20.3. The first-order valence-electron chi connectivity index (χ1n) is 8.45. The standard InChI is InChI=1S/C19H19N3O5S/c1-12(2)28(24,25)14-8-6-7-13(11-14)17(23)20-19-22-21-18(27-19)15-9-4-5-10-16(15)26-3/h4-12H,1-3H3,(H,20,22,23). The van der Waals surface area contributed by atoms with E-state index in [4.69, 9.17) is 9.15 Å². The highest BCUT2D eigenvalue weighted by Gasteiger charge is 2.21. The lowest BCUT2D eigenvalue weighted by Crippen LogP contribution is -2.16. The van der Waals surface area contributed by atoms with E-state index in [1.165, 1.54) is 31.4 Å². The number of methoxy groups -OCH3 is 1. The van der Waals surface area contributed by atoms with Gasteiger partial charge < -0.3 is 9.15 Å². The van der Waals surface area contributed by atoms with Crippen molar-refractivity contribution in [3.05, 3.63) is 54.1 Å². The van der Waals surface area contributed by atoms with Crippen LogP contribution in [0, 0.1) is 0 Å². The molecule has 0 atom stereocenters. The van der Waals surface area contributed by atoms with Crippen molar-refractivity contribution in [3.63, 3.8) is 0 Å². The average molecular weight is 401 g/mol. The van der Waals surface area contributed by atoms with Crippen LogP contribution in [0.15, 0.2) is 57.8 Å². The number of carbonyl (C=O) groups is 1. The molecule has 1 aromatic heterocycles. The summed E-state index contributed by atoms with van der Waals surface area (Å²) in [5.41, 5.74) is 0.752. The SMILES string of the molecule is COc1ccccc1-c1nnc(NC(=O)c2cccc(S(=O)(=O)C(C)C)c2)o1. The number of nitrogens with one attached hydrogen (secondary N) is 1. The lowest BCUT2D eigenvalue weighted by Gasteiger charge is -2.09. The highest BCUT2D eigenvalue weighted by molar-refractivity contribution is 7.92. The van der Waals surface area contributed by atoms with E-state index >= 15 is 0 Å². The number of amides is 1. The van der Waals surface area contributed by atoms with Gasteiger partial charge in [0.1, 0.15) is 5.75 Å². The molecule has 28 heavy (non-hydrogen) atoms. The fourth-order valence-corrected chi connectivity index (χ4v) is 3.56. The zero-order valence-electron chi connectivity index (χ0n) is 15.5. The summed E-state index contributed by atoms with van der Waals surface area (Å²) in [6, 6.07) is 12.8. The summed E-state index contributed by atoms with van der Waals surface area (Å²) in [5, 5.41) is 9.61. The number of carbonyl (C=O) groups excluding carboxylic acids is 1. The van der Waals surface area contributed by atoms with Gasteiger partial charge in [0.2, 0.25) is 0 Å². The number of hydrogen-bond donors (Lipinski definition) is 1. The van der Waals surface area contributed by atoms with Gasteiger partial charge in [0.25, 0.3) is 11.8 Å². The van der Waals surface area contributed by atoms with Gasteiger partial charge in [-0.05, 0) is 44.2 Å². The van der Waals surface area contributed by atoms with Crippen LogP contribution in [0.5, 0.6) is 5.75 Å². The molecule has 3 rings (SSSR count). The van der Waals surface area contributed by atoms with Gasteiger partial charge in [-0.2, -0.15) is 0 Å². The van der Waals surface area contributed by atoms with Crippen LogP contribution in [-0.2, 0) is 9.84 Å². The number of para-hydroxylation sites is 1. The van der Waals surface area contributed by atoms with Crippen molar-refractivity contribution in [1.82, 2.24) is 10.2 Å². The van der Waals surface area contributed by atoms with Crippen molar-refractivity contribution in [3.8, 4) is 17.2 Å². The van der Waals surface area contributed by atoms with Gasteiger partial charge in [0.05, 0.1) is 22.8 Å². The van der Waals surface area contributed by atoms with E-state index in [0.29, 0.717) is 11.3 Å². The molecule has 0 unspecified atom stereocenters. The third-order valence-electron chi connectivity index (χ3n) is 4.03. The molecule has 0 fully saturated rings. The molecule has 0 saturated carbocycles. The maximum atomic E-state index is 12.5. The Labute approximate surface area is 162 Å². The Bertz CT molecular complexity index is 1110. The molecule has 1 heterocycles. The lowest BCUT2D eigenvalue weighted by molar-refractivity contribution is 0.102. The van der Waals surface area contributed by atoms with Gasteiger partial charge in [-0.1, -0.05) is 23.3 Å². The maximum absolute atomic E-state index is 12.5. The highest BCUT2D eigenvalue weighted by Crippen LogP contribution is 2.29. The molecule has 2 aromatic carbocycles. The number of rotatable bonds is 6. The summed E-state index contributed by atoms with van der Waals surface area (Å²) in [5.74, 6) is 0.176. The number of hydrogen-bond acceptors (Lipinski definition) is 7. The first kappa shape index (κ1) is 19.6. The Morgan fingerprint density at radius 1 is 1.11 bits per heavy atom. The maximum Gasteiger partial charge on any atom is 0.322 e. The molecule has 9 heteroatoms. The van der Waals surface area contributed by atoms with Gasteiger partial charge in [-0.15, -0.1) is 5.10 Å². The van der Waals surface area contributed by atoms with Gasteiger partial charge in [0, 0.05) is 5.56 Å². The van der Waals surface area contributed by atoms with E-state index in [9.17, 15) is 13.2 Å². The first-order valence-corrected chi connectivity index (χ1v) is 9.99. The van der Waals surface area contributed by atoms with Crippen molar-refractivity contribution in [2.24, 2.45) is 0 Å². The van der Waals surface area contributed by atoms with Gasteiger partial charge in [-0.25, -0.2) is 8.42 Å². The second-order valence-electron chi connectivity index (χ2n) is 6.19. The minimum atomic E-state index is -3.49. The quantitative estimate of drug-likeness (QED) is 0.675. The molecule has 1 N–H and O–H groups in total. The molecule has 0 bridgehead atoms. The van der Waals surface area contributed by atoms with Gasteiger partial charge in [0.15, 0.2) is 9.84 Å². The predicted octanol–water partition coefficient (Wildman–Crippen LogP) is 3.18. The number of aromatic nitrogens is 2. The second kappa shape index (κ2) is 7.81. The van der Waals surface area contributed by atoms with Crippen LogP contribution < -0.4 is 10.1 Å². The van der Waals surface area contributed by atoms with E-state index in [2.05, 4.69) is 15.5 Å². The summed E-state index contributed by atoms with van der Waals surface area (Å²) in [6.45, 7) is 3.17. The van der Waals surface area contributed by atoms with Crippen molar-refractivity contribution >= 4 is 21.8 Å². The minimum absolute atomic E-state index is 0.0791. The molecule has 0 aliphatic heterocycles. The van der Waals surface area contributed by atoms with Crippen LogP contribution in [0.4, 0.5) is 6.01 Å². The third-order valence-corrected chi connectivity index (χ3v) is 6.18. The Hall–Kier alpha value is -3.20. The molecular weight excluding hydrogens is 382 g/mol. The van der Waals surface area contributed by atoms with Crippen molar-refractivity contribution in [2.45, 2.75) is 24.0 Å². The van der Waals surface area contributed by atoms with Crippen LogP contribution in [0.2, 0.25) is 0 Å². The normalized spacial score (nSPS) is 11.4. The summed E-state index contributed by atoms with van der Waals surface area (Å²) in [4.78, 5) is 12.6. The van der Waals surface area contributed by atoms with E-state index in [1.54, 1.807) is 38.1 Å². The lowest BCUT2D eigenvalue weighted by atomic mass is 10.2. The molecule has 0 radical (unpaired) electrons. The summed E-state index contributed by atoms with van der Waals surface area (Å²) < 4.78 is 35.3. The first-order chi connectivity index (χ1) is 13.3. The molecule has 0 saturated heterocycles. The van der Waals surface area contributed by atoms with Crippen LogP contribution in [0.1, 0.15) is 24.2 Å². The highest BCUT2D eigenvalue weighted by atomic mass is 32.2. The van der Waals surface area contributed by atoms with E-state index < -0.39 is 21.0 Å². The van der Waals surface area contributed by atoms with Gasteiger partial charge in [-0.3, -0.25) is 10.1 Å². The zero-order valence-corrected chi connectivity index (χ0v) is 16.4. The monoisotopic (exact) mass is 401 g/mol. The number of sulfone groups is 1. The molecule has 1 amide bonds. The van der Waals surface area contributed by atoms with Crippen LogP contribution in [0.3, 0.4) is 0 Å². The Morgan fingerprint density at radius 3 is 2.57 bits per heavy atom. The van der Waals surface area contributed by atoms with Crippen molar-refractivity contribution < 1.29 is 22.4 Å². The summed E-state index contributed by atoms with van der Waals surface area (Å²) >= 11 is 0. The molecule has 0 aliphatic carbocycles. The summed E-state index contributed by atoms with van der Waals surface area (Å²) in [6.07, 6.45) is 0. The van der Waals surface area contributed by atoms with Gasteiger partial charge >= 0.3 is 6.01 Å². The number of nitrogens with zero attached hydrogens (tertiary/aromatic N) is 2. The van der Waals surface area contributed by atoms with E-state index in [1.807, 2.05) is 0 Å². The third kappa shape index (κ3) is 3.89. The van der Waals surface area contributed by atoms with Crippen LogP contribution in [0.25, 0.3) is 11.5 Å². The number of ether oxygens (including phenoxy) is 1. The predicted molar refractivity (Wildman–Crippen MR) is 103 cm³/mol. The summed E-state index contributed by atoms with van der Waals surface area (Å²) in [7, 11) is -1.97. The van der Waals surface area contributed by atoms with Crippen LogP contribution >= 0.6 is 0 Å². The van der Waals surface area contributed by atoms with E-state index in [-0.39, 0.29) is 22.4 Å². The van der Waals surface area contributed by atoms with E-state index in [0.717, 1.165) is 0 Å². The molecular formula is C19H19N3O5S. The Morgan fingerprint density at radius 2 is 1.86 bits per heavy atom. The Kier molecular flexibility index (Phi) is 5.46. The van der Waals surface area contributed by atoms with Crippen LogP contribution in [-0.4, -0.2) is 36.9 Å². The fourth-order valence-electron chi connectivity index (χ4n) is 2.46. The van der Waals surface area contributed by atoms with Crippen molar-refractivity contribution in [2.75, 3.05) is 12.4 Å². The Balaban J connectivity index is 1.82. The molecule has 0 aliphatic rings. The molecule has 3 aromatic rings. The molecule has 146 valence electrons. The largest absolute Gasteiger partial charge is 0.496 e. The topological polar surface area (TPSA) is 111 Å². The van der Waals surface area contributed by atoms with Crippen molar-refractivity contribution in [1.29, 1.82) is 0 Å². The number of anilines is 1. The second-order valence-corrected chi connectivity index (χ2v) is 8.69. The fraction of sp³-hybridized carbons (Fsp3) is 0.211. The average Bonchev–Trinajstić information content (AvgIpc) is 3.16. The molecule has 8 nitrogen and oxygen atoms in total. The molecule has 0 spiro atoms. The smallest absolute Gasteiger partial charge is 0.322 e.